The normalized spacial score (nSPS) is 17.3. The minimum Gasteiger partial charge on any atom is -0.349 e. The fourth-order valence-corrected chi connectivity index (χ4v) is 3.24. The van der Waals surface area contributed by atoms with E-state index < -0.39 is 0 Å². The minimum absolute atomic E-state index is 0.0910. The largest absolute Gasteiger partial charge is 0.349 e. The molecule has 0 bridgehead atoms. The van der Waals surface area contributed by atoms with Crippen LogP contribution in [0.1, 0.15) is 31.4 Å². The van der Waals surface area contributed by atoms with Gasteiger partial charge < -0.3 is 11.1 Å². The second-order valence-electron chi connectivity index (χ2n) is 5.05. The molecule has 0 spiro atoms. The lowest BCUT2D eigenvalue weighted by Crippen LogP contribution is -2.52. The van der Waals surface area contributed by atoms with E-state index in [9.17, 15) is 4.79 Å². The van der Waals surface area contributed by atoms with E-state index in [1.807, 2.05) is 18.2 Å². The lowest BCUT2D eigenvalue weighted by molar-refractivity contribution is -0.120. The van der Waals surface area contributed by atoms with Gasteiger partial charge in [0.2, 0.25) is 5.91 Å². The quantitative estimate of drug-likeness (QED) is 0.831. The van der Waals surface area contributed by atoms with Gasteiger partial charge in [-0.25, -0.2) is 0 Å². The van der Waals surface area contributed by atoms with Crippen LogP contribution < -0.4 is 11.1 Å². The molecule has 2 rings (SSSR count). The van der Waals surface area contributed by atoms with Crippen molar-refractivity contribution < 1.29 is 4.79 Å². The van der Waals surface area contributed by atoms with Crippen LogP contribution in [0.4, 0.5) is 0 Å². The van der Waals surface area contributed by atoms with Crippen LogP contribution >= 0.6 is 11.8 Å². The van der Waals surface area contributed by atoms with Gasteiger partial charge in [0.15, 0.2) is 0 Å². The van der Waals surface area contributed by atoms with Crippen LogP contribution in [0.5, 0.6) is 0 Å². The summed E-state index contributed by atoms with van der Waals surface area (Å²) in [6.07, 6.45) is 6.13. The van der Waals surface area contributed by atoms with Gasteiger partial charge in [0.1, 0.15) is 0 Å². The second-order valence-corrected chi connectivity index (χ2v) is 6.04. The van der Waals surface area contributed by atoms with E-state index in [0.717, 1.165) is 24.3 Å². The van der Waals surface area contributed by atoms with Gasteiger partial charge in [0.05, 0.1) is 17.0 Å². The molecular formula is C14H21N3OS. The molecule has 0 aliphatic heterocycles. The van der Waals surface area contributed by atoms with Gasteiger partial charge in [-0.1, -0.05) is 18.9 Å². The summed E-state index contributed by atoms with van der Waals surface area (Å²) in [5.41, 5.74) is 6.68. The van der Waals surface area contributed by atoms with Crippen LogP contribution in [-0.2, 0) is 10.5 Å². The van der Waals surface area contributed by atoms with Gasteiger partial charge in [-0.2, -0.15) is 0 Å². The number of nitrogens with two attached hydrogens (primary N) is 1. The summed E-state index contributed by atoms with van der Waals surface area (Å²) in [5, 5.41) is 3.12. The number of nitrogens with one attached hydrogen (secondary N) is 1. The molecule has 1 saturated carbocycles. The van der Waals surface area contributed by atoms with E-state index in [0.29, 0.717) is 12.3 Å². The van der Waals surface area contributed by atoms with Crippen molar-refractivity contribution in [2.45, 2.75) is 37.0 Å². The number of carbonyl (C=O) groups is 1. The molecule has 0 saturated heterocycles. The first-order valence-corrected chi connectivity index (χ1v) is 7.88. The first-order chi connectivity index (χ1) is 9.24. The average molecular weight is 279 g/mol. The molecule has 19 heavy (non-hydrogen) atoms. The zero-order valence-electron chi connectivity index (χ0n) is 11.1. The highest BCUT2D eigenvalue weighted by molar-refractivity contribution is 7.99. The predicted octanol–water partition coefficient (Wildman–Crippen LogP) is 1.70. The summed E-state index contributed by atoms with van der Waals surface area (Å²) in [6.45, 7) is 0.545. The molecule has 5 heteroatoms. The van der Waals surface area contributed by atoms with Crippen LogP contribution in [0.15, 0.2) is 24.4 Å². The van der Waals surface area contributed by atoms with Crippen molar-refractivity contribution in [1.82, 2.24) is 10.3 Å². The van der Waals surface area contributed by atoms with E-state index in [1.54, 1.807) is 18.0 Å². The van der Waals surface area contributed by atoms with E-state index in [1.165, 1.54) is 12.8 Å². The number of aromatic nitrogens is 1. The molecule has 0 radical (unpaired) electrons. The first-order valence-electron chi connectivity index (χ1n) is 6.73. The molecule has 0 atom stereocenters. The third kappa shape index (κ3) is 4.21. The Kier molecular flexibility index (Phi) is 5.22. The Labute approximate surface area is 118 Å². The standard InChI is InChI=1S/C14H21N3OS/c15-11-14(6-2-3-7-14)17-13(18)10-19-9-12-5-1-4-8-16-12/h1,4-5,8H,2-3,6-7,9-11,15H2,(H,17,18). The summed E-state index contributed by atoms with van der Waals surface area (Å²) in [4.78, 5) is 16.2. The third-order valence-electron chi connectivity index (χ3n) is 3.57. The molecule has 1 aromatic rings. The SMILES string of the molecule is NCC1(NC(=O)CSCc2ccccn2)CCCC1. The van der Waals surface area contributed by atoms with Gasteiger partial charge in [0, 0.05) is 18.5 Å². The summed E-state index contributed by atoms with van der Waals surface area (Å²) in [5.74, 6) is 1.33. The highest BCUT2D eigenvalue weighted by atomic mass is 32.2. The molecule has 1 aliphatic carbocycles. The zero-order valence-corrected chi connectivity index (χ0v) is 11.9. The van der Waals surface area contributed by atoms with Crippen molar-refractivity contribution >= 4 is 17.7 Å². The predicted molar refractivity (Wildman–Crippen MR) is 78.8 cm³/mol. The Morgan fingerprint density at radius 3 is 2.84 bits per heavy atom. The van der Waals surface area contributed by atoms with Gasteiger partial charge in [0.25, 0.3) is 0 Å². The molecular weight excluding hydrogens is 258 g/mol. The number of thioether (sulfide) groups is 1. The van der Waals surface area contributed by atoms with Crippen molar-refractivity contribution in [3.63, 3.8) is 0 Å². The maximum atomic E-state index is 11.9. The van der Waals surface area contributed by atoms with Crippen LogP contribution in [0.3, 0.4) is 0 Å². The molecule has 0 aromatic carbocycles. The van der Waals surface area contributed by atoms with Crippen LogP contribution in [0.25, 0.3) is 0 Å². The number of rotatable bonds is 6. The Hall–Kier alpha value is -1.07. The molecule has 1 aliphatic rings. The topological polar surface area (TPSA) is 68.0 Å². The maximum absolute atomic E-state index is 11.9. The Morgan fingerprint density at radius 2 is 2.21 bits per heavy atom. The van der Waals surface area contributed by atoms with E-state index >= 15 is 0 Å². The van der Waals surface area contributed by atoms with Crippen molar-refractivity contribution in [1.29, 1.82) is 0 Å². The van der Waals surface area contributed by atoms with Gasteiger partial charge >= 0.3 is 0 Å². The van der Waals surface area contributed by atoms with Crippen LogP contribution in [0, 0.1) is 0 Å². The van der Waals surface area contributed by atoms with E-state index in [2.05, 4.69) is 10.3 Å². The van der Waals surface area contributed by atoms with Crippen molar-refractivity contribution in [2.24, 2.45) is 5.73 Å². The van der Waals surface area contributed by atoms with Gasteiger partial charge in [-0.05, 0) is 25.0 Å². The minimum atomic E-state index is -0.136. The van der Waals surface area contributed by atoms with E-state index in [4.69, 9.17) is 5.73 Å². The molecule has 104 valence electrons. The molecule has 1 heterocycles. The summed E-state index contributed by atoms with van der Waals surface area (Å²) >= 11 is 1.59. The average Bonchev–Trinajstić information content (AvgIpc) is 2.89. The van der Waals surface area contributed by atoms with Gasteiger partial charge in [-0.3, -0.25) is 9.78 Å². The second kappa shape index (κ2) is 6.91. The molecule has 1 aromatic heterocycles. The zero-order chi connectivity index (χ0) is 13.6. The summed E-state index contributed by atoms with van der Waals surface area (Å²) in [6, 6.07) is 5.83. The summed E-state index contributed by atoms with van der Waals surface area (Å²) in [7, 11) is 0. The maximum Gasteiger partial charge on any atom is 0.230 e. The monoisotopic (exact) mass is 279 g/mol. The number of carbonyl (C=O) groups excluding carboxylic acids is 1. The Morgan fingerprint density at radius 1 is 1.42 bits per heavy atom. The van der Waals surface area contributed by atoms with Crippen LogP contribution in [-0.4, -0.2) is 28.7 Å². The number of hydrogen-bond donors (Lipinski definition) is 2. The van der Waals surface area contributed by atoms with Crippen molar-refractivity contribution in [3.8, 4) is 0 Å². The van der Waals surface area contributed by atoms with Crippen molar-refractivity contribution in [3.05, 3.63) is 30.1 Å². The summed E-state index contributed by atoms with van der Waals surface area (Å²) < 4.78 is 0. The number of pyridine rings is 1. The van der Waals surface area contributed by atoms with Crippen molar-refractivity contribution in [2.75, 3.05) is 12.3 Å². The first kappa shape index (κ1) is 14.3. The number of amides is 1. The van der Waals surface area contributed by atoms with Crippen LogP contribution in [0.2, 0.25) is 0 Å². The molecule has 3 N–H and O–H groups in total. The van der Waals surface area contributed by atoms with Gasteiger partial charge in [-0.15, -0.1) is 11.8 Å². The molecule has 1 fully saturated rings. The smallest absolute Gasteiger partial charge is 0.230 e. The highest BCUT2D eigenvalue weighted by Crippen LogP contribution is 2.28. The molecule has 0 unspecified atom stereocenters. The fraction of sp³-hybridized carbons (Fsp3) is 0.571. The number of hydrogen-bond acceptors (Lipinski definition) is 4. The highest BCUT2D eigenvalue weighted by Gasteiger charge is 2.33. The molecule has 4 nitrogen and oxygen atoms in total. The fourth-order valence-electron chi connectivity index (χ4n) is 2.50. The van der Waals surface area contributed by atoms with E-state index in [-0.39, 0.29) is 11.4 Å². The number of nitrogens with zero attached hydrogens (tertiary/aromatic N) is 1. The Bertz CT molecular complexity index is 404. The lowest BCUT2D eigenvalue weighted by atomic mass is 9.98. The lowest BCUT2D eigenvalue weighted by Gasteiger charge is -2.28. The Balaban J connectivity index is 1.73. The molecule has 1 amide bonds. The third-order valence-corrected chi connectivity index (χ3v) is 4.53.